The molecule has 82 valence electrons. The molecule has 1 unspecified atom stereocenters. The molecule has 0 bridgehead atoms. The van der Waals surface area contributed by atoms with Crippen LogP contribution in [-0.4, -0.2) is 24.9 Å². The average molecular weight is 247 g/mol. The minimum Gasteiger partial charge on any atom is -0.396 e. The molecule has 1 heterocycles. The van der Waals surface area contributed by atoms with Crippen molar-refractivity contribution >= 4 is 23.2 Å². The van der Waals surface area contributed by atoms with Gasteiger partial charge in [0.25, 0.3) is 0 Å². The molecule has 0 radical (unpaired) electrons. The molecule has 1 aromatic rings. The standard InChI is InChI=1S/C11H12Cl2O2/c12-8-1-2-9(11(13)3-8)10(4-14)7-5-15-6-7/h1-3,7,10,14H,4-6H2. The second-order valence-corrected chi connectivity index (χ2v) is 4.60. The van der Waals surface area contributed by atoms with Crippen LogP contribution in [0.1, 0.15) is 11.5 Å². The van der Waals surface area contributed by atoms with Gasteiger partial charge in [0.1, 0.15) is 0 Å². The number of benzene rings is 1. The van der Waals surface area contributed by atoms with Crippen molar-refractivity contribution in [3.05, 3.63) is 33.8 Å². The third-order valence-electron chi connectivity index (χ3n) is 2.79. The van der Waals surface area contributed by atoms with E-state index in [1.807, 2.05) is 6.07 Å². The van der Waals surface area contributed by atoms with Crippen LogP contribution in [0.4, 0.5) is 0 Å². The van der Waals surface area contributed by atoms with Crippen LogP contribution in [-0.2, 0) is 4.74 Å². The van der Waals surface area contributed by atoms with E-state index >= 15 is 0 Å². The summed E-state index contributed by atoms with van der Waals surface area (Å²) in [6, 6.07) is 5.38. The molecule has 1 saturated heterocycles. The van der Waals surface area contributed by atoms with Crippen LogP contribution in [0.25, 0.3) is 0 Å². The SMILES string of the molecule is OCC(c1ccc(Cl)cc1Cl)C1COC1. The normalized spacial score (nSPS) is 18.6. The van der Waals surface area contributed by atoms with Crippen molar-refractivity contribution in [1.29, 1.82) is 0 Å². The number of halogens is 2. The zero-order chi connectivity index (χ0) is 10.8. The van der Waals surface area contributed by atoms with Gasteiger partial charge in [-0.25, -0.2) is 0 Å². The number of ether oxygens (including phenoxy) is 1. The van der Waals surface area contributed by atoms with Crippen molar-refractivity contribution in [3.8, 4) is 0 Å². The molecule has 1 atom stereocenters. The van der Waals surface area contributed by atoms with Crippen LogP contribution in [0.15, 0.2) is 18.2 Å². The third-order valence-corrected chi connectivity index (χ3v) is 3.35. The number of hydrogen-bond acceptors (Lipinski definition) is 2. The zero-order valence-corrected chi connectivity index (χ0v) is 9.63. The molecule has 1 N–H and O–H groups in total. The molecule has 0 spiro atoms. The molecule has 1 aromatic carbocycles. The Morgan fingerprint density at radius 1 is 1.40 bits per heavy atom. The van der Waals surface area contributed by atoms with E-state index in [4.69, 9.17) is 27.9 Å². The first kappa shape index (κ1) is 11.2. The Labute approximate surface area is 98.8 Å². The Bertz CT molecular complexity index is 350. The maximum atomic E-state index is 9.36. The van der Waals surface area contributed by atoms with E-state index in [9.17, 15) is 5.11 Å². The largest absolute Gasteiger partial charge is 0.396 e. The van der Waals surface area contributed by atoms with E-state index in [0.29, 0.717) is 29.2 Å². The van der Waals surface area contributed by atoms with E-state index in [0.717, 1.165) is 5.56 Å². The first-order valence-electron chi connectivity index (χ1n) is 4.86. The smallest absolute Gasteiger partial charge is 0.0523 e. The van der Waals surface area contributed by atoms with Crippen molar-refractivity contribution < 1.29 is 9.84 Å². The van der Waals surface area contributed by atoms with Crippen LogP contribution in [0.5, 0.6) is 0 Å². The predicted molar refractivity (Wildman–Crippen MR) is 60.6 cm³/mol. The van der Waals surface area contributed by atoms with Gasteiger partial charge in [-0.2, -0.15) is 0 Å². The molecule has 1 fully saturated rings. The summed E-state index contributed by atoms with van der Waals surface area (Å²) >= 11 is 11.9. The highest BCUT2D eigenvalue weighted by molar-refractivity contribution is 6.35. The lowest BCUT2D eigenvalue weighted by molar-refractivity contribution is -0.0527. The molecule has 0 aromatic heterocycles. The summed E-state index contributed by atoms with van der Waals surface area (Å²) in [5.74, 6) is 0.428. The second kappa shape index (κ2) is 4.71. The fourth-order valence-electron chi connectivity index (χ4n) is 1.79. The van der Waals surface area contributed by atoms with Crippen molar-refractivity contribution in [1.82, 2.24) is 0 Å². The first-order chi connectivity index (χ1) is 7.22. The lowest BCUT2D eigenvalue weighted by Crippen LogP contribution is -2.34. The zero-order valence-electron chi connectivity index (χ0n) is 8.12. The molecule has 15 heavy (non-hydrogen) atoms. The number of hydrogen-bond donors (Lipinski definition) is 1. The van der Waals surface area contributed by atoms with Gasteiger partial charge in [0, 0.05) is 21.9 Å². The number of aliphatic hydroxyl groups is 1. The van der Waals surface area contributed by atoms with Crippen LogP contribution in [0, 0.1) is 5.92 Å². The highest BCUT2D eigenvalue weighted by atomic mass is 35.5. The topological polar surface area (TPSA) is 29.5 Å². The summed E-state index contributed by atoms with van der Waals surface area (Å²) in [7, 11) is 0. The molecule has 2 nitrogen and oxygen atoms in total. The monoisotopic (exact) mass is 246 g/mol. The van der Waals surface area contributed by atoms with Gasteiger partial charge in [0.2, 0.25) is 0 Å². The number of aliphatic hydroxyl groups excluding tert-OH is 1. The van der Waals surface area contributed by atoms with Gasteiger partial charge in [0.15, 0.2) is 0 Å². The maximum absolute atomic E-state index is 9.36. The summed E-state index contributed by atoms with van der Waals surface area (Å²) in [5, 5.41) is 10.6. The van der Waals surface area contributed by atoms with Crippen LogP contribution < -0.4 is 0 Å². The highest BCUT2D eigenvalue weighted by Gasteiger charge is 2.30. The van der Waals surface area contributed by atoms with Crippen molar-refractivity contribution in [2.24, 2.45) is 5.92 Å². The van der Waals surface area contributed by atoms with Gasteiger partial charge in [-0.3, -0.25) is 0 Å². The van der Waals surface area contributed by atoms with Gasteiger partial charge in [-0.15, -0.1) is 0 Å². The summed E-state index contributed by atoms with van der Waals surface area (Å²) < 4.78 is 5.12. The Morgan fingerprint density at radius 2 is 2.13 bits per heavy atom. The third kappa shape index (κ3) is 2.28. The minimum atomic E-state index is 0.0588. The van der Waals surface area contributed by atoms with Gasteiger partial charge in [-0.05, 0) is 17.7 Å². The highest BCUT2D eigenvalue weighted by Crippen LogP contribution is 2.35. The van der Waals surface area contributed by atoms with E-state index in [1.165, 1.54) is 0 Å². The molecule has 0 aliphatic carbocycles. The molecular formula is C11H12Cl2O2. The van der Waals surface area contributed by atoms with E-state index in [1.54, 1.807) is 12.1 Å². The quantitative estimate of drug-likeness (QED) is 0.889. The predicted octanol–water partition coefficient (Wildman–Crippen LogP) is 2.72. The van der Waals surface area contributed by atoms with Crippen LogP contribution in [0.2, 0.25) is 10.0 Å². The Balaban J connectivity index is 2.25. The fraction of sp³-hybridized carbons (Fsp3) is 0.455. The summed E-state index contributed by atoms with van der Waals surface area (Å²) in [6.45, 7) is 1.49. The minimum absolute atomic E-state index is 0.0588. The summed E-state index contributed by atoms with van der Waals surface area (Å²) in [6.07, 6.45) is 0. The van der Waals surface area contributed by atoms with Crippen LogP contribution in [0.3, 0.4) is 0 Å². The average Bonchev–Trinajstić information content (AvgIpc) is 2.12. The first-order valence-corrected chi connectivity index (χ1v) is 5.61. The summed E-state index contributed by atoms with van der Waals surface area (Å²) in [4.78, 5) is 0. The van der Waals surface area contributed by atoms with E-state index in [-0.39, 0.29) is 12.5 Å². The molecule has 1 aliphatic rings. The Hall–Kier alpha value is -0.280. The Morgan fingerprint density at radius 3 is 2.60 bits per heavy atom. The molecular weight excluding hydrogens is 235 g/mol. The van der Waals surface area contributed by atoms with Crippen molar-refractivity contribution in [2.75, 3.05) is 19.8 Å². The Kier molecular flexibility index (Phi) is 3.52. The van der Waals surface area contributed by atoms with Gasteiger partial charge in [-0.1, -0.05) is 29.3 Å². The molecule has 0 amide bonds. The van der Waals surface area contributed by atoms with E-state index < -0.39 is 0 Å². The maximum Gasteiger partial charge on any atom is 0.0523 e. The van der Waals surface area contributed by atoms with Gasteiger partial charge < -0.3 is 9.84 Å². The molecule has 4 heteroatoms. The fourth-order valence-corrected chi connectivity index (χ4v) is 2.34. The van der Waals surface area contributed by atoms with Gasteiger partial charge >= 0.3 is 0 Å². The van der Waals surface area contributed by atoms with Crippen molar-refractivity contribution in [2.45, 2.75) is 5.92 Å². The van der Waals surface area contributed by atoms with Crippen LogP contribution >= 0.6 is 23.2 Å². The molecule has 1 aliphatic heterocycles. The molecule has 2 rings (SSSR count). The van der Waals surface area contributed by atoms with Crippen molar-refractivity contribution in [3.63, 3.8) is 0 Å². The lowest BCUT2D eigenvalue weighted by atomic mass is 9.85. The molecule has 0 saturated carbocycles. The van der Waals surface area contributed by atoms with E-state index in [2.05, 4.69) is 0 Å². The van der Waals surface area contributed by atoms with Gasteiger partial charge in [0.05, 0.1) is 19.8 Å². The summed E-state index contributed by atoms with van der Waals surface area (Å²) in [5.41, 5.74) is 0.955. The lowest BCUT2D eigenvalue weighted by Gasteiger charge is -2.33. The number of rotatable bonds is 3. The second-order valence-electron chi connectivity index (χ2n) is 3.75.